The Kier molecular flexibility index (Phi) is 1.69. The fourth-order valence-corrected chi connectivity index (χ4v) is 0.0340. The van der Waals surface area contributed by atoms with E-state index in [1.54, 1.807) is 13.8 Å². The van der Waals surface area contributed by atoms with Crippen LogP contribution < -0.4 is 0 Å². The van der Waals surface area contributed by atoms with E-state index in [4.69, 9.17) is 5.41 Å². The lowest BCUT2D eigenvalue weighted by molar-refractivity contribution is -0.111. The molecule has 0 aliphatic heterocycles. The van der Waals surface area contributed by atoms with Crippen LogP contribution in [-0.4, -0.2) is 12.5 Å². The second-order valence-corrected chi connectivity index (χ2v) is 2.08. The van der Waals surface area contributed by atoms with Crippen LogP contribution in [-0.2, 0) is 4.79 Å². The van der Waals surface area contributed by atoms with Gasteiger partial charge in [-0.15, -0.1) is 0 Å². The summed E-state index contributed by atoms with van der Waals surface area (Å²) in [5.74, 6) is 0. The summed E-state index contributed by atoms with van der Waals surface area (Å²) < 4.78 is 0. The van der Waals surface area contributed by atoms with Crippen LogP contribution >= 0.6 is 0 Å². The van der Waals surface area contributed by atoms with E-state index in [2.05, 4.69) is 0 Å². The molecule has 0 unspecified atom stereocenters. The predicted molar refractivity (Wildman–Crippen MR) is 28.6 cm³/mol. The van der Waals surface area contributed by atoms with E-state index in [0.29, 0.717) is 0 Å². The third-order valence-electron chi connectivity index (χ3n) is 0.676. The molecule has 0 saturated heterocycles. The first-order valence-corrected chi connectivity index (χ1v) is 2.10. The van der Waals surface area contributed by atoms with Crippen molar-refractivity contribution in [1.29, 1.82) is 5.41 Å². The highest BCUT2D eigenvalue weighted by atomic mass is 16.1. The topological polar surface area (TPSA) is 40.9 Å². The minimum atomic E-state index is -0.556. The highest BCUT2D eigenvalue weighted by molar-refractivity contribution is 5.83. The molecule has 0 bridgehead atoms. The number of nitrogens with one attached hydrogen (secondary N) is 1. The highest BCUT2D eigenvalue weighted by Gasteiger charge is 2.09. The number of hydrogen-bond donors (Lipinski definition) is 1. The number of carbonyl (C=O) groups is 1. The first-order chi connectivity index (χ1) is 3.12. The Balaban J connectivity index is 3.82. The van der Waals surface area contributed by atoms with Gasteiger partial charge < -0.3 is 10.2 Å². The van der Waals surface area contributed by atoms with Crippen LogP contribution in [0.3, 0.4) is 0 Å². The quantitative estimate of drug-likeness (QED) is 0.405. The van der Waals surface area contributed by atoms with Gasteiger partial charge in [0.2, 0.25) is 0 Å². The second kappa shape index (κ2) is 1.87. The van der Waals surface area contributed by atoms with Crippen LogP contribution in [0.1, 0.15) is 13.8 Å². The maximum atomic E-state index is 9.91. The minimum Gasteiger partial charge on any atom is -0.312 e. The molecule has 0 aromatic rings. The van der Waals surface area contributed by atoms with Crippen molar-refractivity contribution in [3.05, 3.63) is 0 Å². The van der Waals surface area contributed by atoms with E-state index in [0.717, 1.165) is 12.5 Å². The predicted octanol–water partition coefficient (Wildman–Crippen LogP) is 0.861. The summed E-state index contributed by atoms with van der Waals surface area (Å²) in [7, 11) is 0. The van der Waals surface area contributed by atoms with Gasteiger partial charge in [0.05, 0.1) is 5.41 Å². The molecule has 0 aliphatic rings. The van der Waals surface area contributed by atoms with Gasteiger partial charge in [-0.05, 0) is 13.8 Å². The van der Waals surface area contributed by atoms with Crippen molar-refractivity contribution in [3.63, 3.8) is 0 Å². The van der Waals surface area contributed by atoms with Gasteiger partial charge in [-0.2, -0.15) is 0 Å². The summed E-state index contributed by atoms with van der Waals surface area (Å²) in [4.78, 5) is 9.91. The Hall–Kier alpha value is -0.660. The molecular formula is C5H9NO. The van der Waals surface area contributed by atoms with Crippen molar-refractivity contribution in [2.24, 2.45) is 5.41 Å². The SMILES string of the molecule is CC(C)(C=N)C=O. The molecule has 0 aromatic carbocycles. The van der Waals surface area contributed by atoms with E-state index in [1.807, 2.05) is 0 Å². The summed E-state index contributed by atoms with van der Waals surface area (Å²) in [6.07, 6.45) is 1.88. The molecule has 0 atom stereocenters. The first-order valence-electron chi connectivity index (χ1n) is 2.10. The van der Waals surface area contributed by atoms with Gasteiger partial charge in [0, 0.05) is 6.21 Å². The minimum absolute atomic E-state index is 0.556. The number of carbonyl (C=O) groups excluding carboxylic acids is 1. The molecule has 0 saturated carbocycles. The van der Waals surface area contributed by atoms with Gasteiger partial charge >= 0.3 is 0 Å². The van der Waals surface area contributed by atoms with E-state index in [-0.39, 0.29) is 0 Å². The van der Waals surface area contributed by atoms with Gasteiger partial charge in [-0.3, -0.25) is 0 Å². The van der Waals surface area contributed by atoms with E-state index < -0.39 is 5.41 Å². The summed E-state index contributed by atoms with van der Waals surface area (Å²) >= 11 is 0. The summed E-state index contributed by atoms with van der Waals surface area (Å²) in [6.45, 7) is 3.38. The Labute approximate surface area is 43.0 Å². The summed E-state index contributed by atoms with van der Waals surface area (Å²) in [6, 6.07) is 0. The van der Waals surface area contributed by atoms with Crippen molar-refractivity contribution < 1.29 is 4.79 Å². The Morgan fingerprint density at radius 1 is 1.57 bits per heavy atom. The van der Waals surface area contributed by atoms with Crippen molar-refractivity contribution >= 4 is 12.5 Å². The number of hydrogen-bond acceptors (Lipinski definition) is 2. The van der Waals surface area contributed by atoms with Crippen LogP contribution in [0.25, 0.3) is 0 Å². The van der Waals surface area contributed by atoms with Gasteiger partial charge in [-0.1, -0.05) is 0 Å². The molecule has 0 heterocycles. The van der Waals surface area contributed by atoms with E-state index >= 15 is 0 Å². The van der Waals surface area contributed by atoms with E-state index in [9.17, 15) is 4.79 Å². The fourth-order valence-electron chi connectivity index (χ4n) is 0.0340. The molecule has 0 aromatic heterocycles. The molecule has 40 valence electrons. The molecule has 0 fully saturated rings. The van der Waals surface area contributed by atoms with Crippen molar-refractivity contribution in [1.82, 2.24) is 0 Å². The lowest BCUT2D eigenvalue weighted by Gasteiger charge is -2.04. The molecule has 0 amide bonds. The average molecular weight is 99.1 g/mol. The van der Waals surface area contributed by atoms with Gasteiger partial charge in [0.1, 0.15) is 6.29 Å². The molecule has 2 nitrogen and oxygen atoms in total. The van der Waals surface area contributed by atoms with Crippen LogP contribution in [0.15, 0.2) is 0 Å². The molecule has 7 heavy (non-hydrogen) atoms. The fraction of sp³-hybridized carbons (Fsp3) is 0.600. The normalized spacial score (nSPS) is 10.6. The monoisotopic (exact) mass is 99.1 g/mol. The molecule has 1 N–H and O–H groups in total. The van der Waals surface area contributed by atoms with Crippen molar-refractivity contribution in [3.8, 4) is 0 Å². The standard InChI is InChI=1S/C5H9NO/c1-5(2,3-6)4-7/h3-4,6H,1-2H3. The Morgan fingerprint density at radius 3 is 2.00 bits per heavy atom. The third kappa shape index (κ3) is 2.09. The number of aldehydes is 1. The zero-order valence-electron chi connectivity index (χ0n) is 4.56. The van der Waals surface area contributed by atoms with Crippen molar-refractivity contribution in [2.45, 2.75) is 13.8 Å². The summed E-state index contributed by atoms with van der Waals surface area (Å²) in [5, 5.41) is 6.65. The smallest absolute Gasteiger partial charge is 0.130 e. The first kappa shape index (κ1) is 6.34. The largest absolute Gasteiger partial charge is 0.312 e. The molecule has 0 rings (SSSR count). The average Bonchev–Trinajstić information content (AvgIpc) is 1.68. The maximum Gasteiger partial charge on any atom is 0.130 e. The maximum absolute atomic E-state index is 9.91. The van der Waals surface area contributed by atoms with Gasteiger partial charge in [0.15, 0.2) is 0 Å². The van der Waals surface area contributed by atoms with Gasteiger partial charge in [0.25, 0.3) is 0 Å². The lowest BCUT2D eigenvalue weighted by Crippen LogP contribution is -2.12. The summed E-state index contributed by atoms with van der Waals surface area (Å²) in [5.41, 5.74) is -0.556. The molecule has 0 aliphatic carbocycles. The van der Waals surface area contributed by atoms with Crippen LogP contribution in [0.4, 0.5) is 0 Å². The van der Waals surface area contributed by atoms with Crippen molar-refractivity contribution in [2.75, 3.05) is 0 Å². The third-order valence-corrected chi connectivity index (χ3v) is 0.676. The molecular weight excluding hydrogens is 90.1 g/mol. The number of rotatable bonds is 2. The second-order valence-electron chi connectivity index (χ2n) is 2.08. The molecule has 0 spiro atoms. The van der Waals surface area contributed by atoms with Gasteiger partial charge in [-0.25, -0.2) is 0 Å². The Bertz CT molecular complexity index is 76.1. The zero-order valence-corrected chi connectivity index (χ0v) is 4.56. The van der Waals surface area contributed by atoms with Crippen LogP contribution in [0.2, 0.25) is 0 Å². The lowest BCUT2D eigenvalue weighted by atomic mass is 9.99. The zero-order chi connectivity index (χ0) is 5.91. The molecule has 2 heteroatoms. The molecule has 0 radical (unpaired) electrons. The van der Waals surface area contributed by atoms with E-state index in [1.165, 1.54) is 0 Å². The van der Waals surface area contributed by atoms with Crippen LogP contribution in [0, 0.1) is 10.8 Å². The van der Waals surface area contributed by atoms with Crippen LogP contribution in [0.5, 0.6) is 0 Å². The highest BCUT2D eigenvalue weighted by Crippen LogP contribution is 2.03. The Morgan fingerprint density at radius 2 is 2.00 bits per heavy atom.